The Kier molecular flexibility index (Phi) is 5.20. The molecule has 6 heteroatoms. The Morgan fingerprint density at radius 2 is 2.40 bits per heavy atom. The number of hydrogen-bond donors (Lipinski definition) is 2. The maximum Gasteiger partial charge on any atom is 0.274 e. The molecule has 0 aliphatic carbocycles. The first kappa shape index (κ1) is 15.1. The van der Waals surface area contributed by atoms with E-state index in [1.165, 1.54) is 0 Å². The van der Waals surface area contributed by atoms with Crippen LogP contribution in [0.5, 0.6) is 0 Å². The topological polar surface area (TPSA) is 65.5 Å². The molecule has 1 saturated heterocycles. The van der Waals surface area contributed by atoms with Gasteiger partial charge in [0.05, 0.1) is 5.02 Å². The minimum absolute atomic E-state index is 0.114. The lowest BCUT2D eigenvalue weighted by Gasteiger charge is -2.17. The summed E-state index contributed by atoms with van der Waals surface area (Å²) < 4.78 is 0. The van der Waals surface area contributed by atoms with Crippen LogP contribution in [0.3, 0.4) is 0 Å². The van der Waals surface area contributed by atoms with Crippen molar-refractivity contribution in [3.8, 4) is 0 Å². The van der Waals surface area contributed by atoms with Crippen molar-refractivity contribution in [1.82, 2.24) is 9.88 Å². The summed E-state index contributed by atoms with van der Waals surface area (Å²) in [5, 5.41) is 12.7. The first-order valence-electron chi connectivity index (χ1n) is 6.96. The summed E-state index contributed by atoms with van der Waals surface area (Å²) >= 11 is 6.09. The first-order valence-corrected chi connectivity index (χ1v) is 7.34. The molecule has 2 rings (SSSR count). The van der Waals surface area contributed by atoms with Gasteiger partial charge < -0.3 is 15.3 Å². The second-order valence-electron chi connectivity index (χ2n) is 5.04. The van der Waals surface area contributed by atoms with Gasteiger partial charge in [0.25, 0.3) is 5.91 Å². The second kappa shape index (κ2) is 6.90. The van der Waals surface area contributed by atoms with E-state index in [2.05, 4.69) is 17.2 Å². The van der Waals surface area contributed by atoms with E-state index < -0.39 is 0 Å². The van der Waals surface area contributed by atoms with Gasteiger partial charge in [-0.05, 0) is 25.0 Å². The molecule has 1 aromatic rings. The molecule has 0 spiro atoms. The van der Waals surface area contributed by atoms with Gasteiger partial charge in [0.2, 0.25) is 0 Å². The number of anilines is 1. The van der Waals surface area contributed by atoms with E-state index in [4.69, 9.17) is 16.7 Å². The average Bonchev–Trinajstić information content (AvgIpc) is 2.94. The number of halogens is 1. The van der Waals surface area contributed by atoms with Gasteiger partial charge in [-0.3, -0.25) is 4.79 Å². The van der Waals surface area contributed by atoms with Gasteiger partial charge in [-0.1, -0.05) is 18.5 Å². The van der Waals surface area contributed by atoms with Crippen LogP contribution in [-0.2, 0) is 0 Å². The van der Waals surface area contributed by atoms with Crippen LogP contribution in [0, 0.1) is 5.92 Å². The van der Waals surface area contributed by atoms with Crippen LogP contribution in [0.25, 0.3) is 0 Å². The lowest BCUT2D eigenvalue weighted by atomic mass is 10.1. The van der Waals surface area contributed by atoms with Gasteiger partial charge in [0.15, 0.2) is 0 Å². The Labute approximate surface area is 123 Å². The Morgan fingerprint density at radius 1 is 1.60 bits per heavy atom. The van der Waals surface area contributed by atoms with E-state index >= 15 is 0 Å². The molecule has 0 aromatic carbocycles. The fraction of sp³-hybridized carbons (Fsp3) is 0.571. The molecule has 1 unspecified atom stereocenters. The molecular weight excluding hydrogens is 278 g/mol. The standard InChI is InChI=1S/C14H20ClN3O2/c1-2-6-16-12-4-3-11(15)13(17-12)14(20)18-7-5-10(8-18)9-19/h3-4,10,19H,2,5-9H2,1H3,(H,16,17). The fourth-order valence-electron chi connectivity index (χ4n) is 2.26. The molecule has 20 heavy (non-hydrogen) atoms. The van der Waals surface area contributed by atoms with E-state index in [0.717, 1.165) is 19.4 Å². The normalized spacial score (nSPS) is 18.4. The van der Waals surface area contributed by atoms with E-state index in [1.54, 1.807) is 17.0 Å². The van der Waals surface area contributed by atoms with Crippen molar-refractivity contribution in [2.45, 2.75) is 19.8 Å². The van der Waals surface area contributed by atoms with Crippen molar-refractivity contribution in [1.29, 1.82) is 0 Å². The van der Waals surface area contributed by atoms with Crippen molar-refractivity contribution in [3.63, 3.8) is 0 Å². The van der Waals surface area contributed by atoms with Crippen molar-refractivity contribution in [2.24, 2.45) is 5.92 Å². The molecule has 2 heterocycles. The van der Waals surface area contributed by atoms with Gasteiger partial charge in [-0.2, -0.15) is 0 Å². The number of aliphatic hydroxyl groups excluding tert-OH is 1. The number of carbonyl (C=O) groups is 1. The molecule has 0 bridgehead atoms. The third-order valence-corrected chi connectivity index (χ3v) is 3.74. The summed E-state index contributed by atoms with van der Waals surface area (Å²) in [6.45, 7) is 4.20. The number of nitrogens with one attached hydrogen (secondary N) is 1. The van der Waals surface area contributed by atoms with Gasteiger partial charge >= 0.3 is 0 Å². The summed E-state index contributed by atoms with van der Waals surface area (Å²) in [4.78, 5) is 18.4. The van der Waals surface area contributed by atoms with Crippen LogP contribution in [0.15, 0.2) is 12.1 Å². The second-order valence-corrected chi connectivity index (χ2v) is 5.45. The molecule has 1 amide bonds. The number of amides is 1. The van der Waals surface area contributed by atoms with Gasteiger partial charge in [0, 0.05) is 32.2 Å². The zero-order valence-corrected chi connectivity index (χ0v) is 12.4. The Bertz CT molecular complexity index is 481. The Morgan fingerprint density at radius 3 is 3.05 bits per heavy atom. The number of rotatable bonds is 5. The van der Waals surface area contributed by atoms with Crippen LogP contribution >= 0.6 is 11.6 Å². The first-order chi connectivity index (χ1) is 9.65. The highest BCUT2D eigenvalue weighted by molar-refractivity contribution is 6.33. The van der Waals surface area contributed by atoms with Crippen molar-refractivity contribution < 1.29 is 9.90 Å². The molecule has 0 saturated carbocycles. The van der Waals surface area contributed by atoms with Gasteiger partial charge in [-0.25, -0.2) is 4.98 Å². The number of hydrogen-bond acceptors (Lipinski definition) is 4. The Balaban J connectivity index is 2.12. The molecule has 1 aliphatic rings. The fourth-order valence-corrected chi connectivity index (χ4v) is 2.45. The maximum atomic E-state index is 12.4. The highest BCUT2D eigenvalue weighted by Crippen LogP contribution is 2.22. The third-order valence-electron chi connectivity index (χ3n) is 3.44. The summed E-state index contributed by atoms with van der Waals surface area (Å²) in [5.41, 5.74) is 0.284. The summed E-state index contributed by atoms with van der Waals surface area (Å²) in [6.07, 6.45) is 1.81. The molecule has 2 N–H and O–H groups in total. The largest absolute Gasteiger partial charge is 0.396 e. The average molecular weight is 298 g/mol. The van der Waals surface area contributed by atoms with Crippen molar-refractivity contribution in [3.05, 3.63) is 22.8 Å². The minimum atomic E-state index is -0.161. The lowest BCUT2D eigenvalue weighted by Crippen LogP contribution is -2.30. The van der Waals surface area contributed by atoms with E-state index in [9.17, 15) is 4.79 Å². The van der Waals surface area contributed by atoms with Gasteiger partial charge in [-0.15, -0.1) is 0 Å². The smallest absolute Gasteiger partial charge is 0.274 e. The van der Waals surface area contributed by atoms with E-state index in [0.29, 0.717) is 23.9 Å². The monoisotopic (exact) mass is 297 g/mol. The number of aromatic nitrogens is 1. The van der Waals surface area contributed by atoms with Gasteiger partial charge in [0.1, 0.15) is 11.5 Å². The van der Waals surface area contributed by atoms with Crippen molar-refractivity contribution >= 4 is 23.3 Å². The third kappa shape index (κ3) is 3.41. The van der Waals surface area contributed by atoms with Crippen LogP contribution in [0.2, 0.25) is 5.02 Å². The number of carbonyl (C=O) groups excluding carboxylic acids is 1. The van der Waals surface area contributed by atoms with Crippen LogP contribution in [0.1, 0.15) is 30.3 Å². The van der Waals surface area contributed by atoms with E-state index in [1.807, 2.05) is 0 Å². The molecule has 0 radical (unpaired) electrons. The SMILES string of the molecule is CCCNc1ccc(Cl)c(C(=O)N2CCC(CO)C2)n1. The number of aliphatic hydroxyl groups is 1. The molecule has 1 atom stereocenters. The lowest BCUT2D eigenvalue weighted by molar-refractivity contribution is 0.0776. The van der Waals surface area contributed by atoms with Crippen LogP contribution < -0.4 is 5.32 Å². The highest BCUT2D eigenvalue weighted by Gasteiger charge is 2.28. The summed E-state index contributed by atoms with van der Waals surface area (Å²) in [5.74, 6) is 0.669. The predicted molar refractivity (Wildman–Crippen MR) is 79.1 cm³/mol. The predicted octanol–water partition coefficient (Wildman–Crippen LogP) is 2.01. The zero-order chi connectivity index (χ0) is 14.5. The molecular formula is C14H20ClN3O2. The molecule has 1 aromatic heterocycles. The van der Waals surface area contributed by atoms with Crippen LogP contribution in [0.4, 0.5) is 5.82 Å². The molecule has 5 nitrogen and oxygen atoms in total. The zero-order valence-electron chi connectivity index (χ0n) is 11.6. The number of pyridine rings is 1. The maximum absolute atomic E-state index is 12.4. The molecule has 1 aliphatic heterocycles. The van der Waals surface area contributed by atoms with Crippen molar-refractivity contribution in [2.75, 3.05) is 31.6 Å². The van der Waals surface area contributed by atoms with E-state index in [-0.39, 0.29) is 24.1 Å². The van der Waals surface area contributed by atoms with Crippen LogP contribution in [-0.4, -0.2) is 47.1 Å². The minimum Gasteiger partial charge on any atom is -0.396 e. The molecule has 1 fully saturated rings. The number of nitrogens with zero attached hydrogens (tertiary/aromatic N) is 2. The Hall–Kier alpha value is -1.33. The number of likely N-dealkylation sites (tertiary alicyclic amines) is 1. The quantitative estimate of drug-likeness (QED) is 0.872. The highest BCUT2D eigenvalue weighted by atomic mass is 35.5. The summed E-state index contributed by atoms with van der Waals surface area (Å²) in [7, 11) is 0. The summed E-state index contributed by atoms with van der Waals surface area (Å²) in [6, 6.07) is 3.47. The molecule has 110 valence electrons.